The summed E-state index contributed by atoms with van der Waals surface area (Å²) in [7, 11) is 0. The van der Waals surface area contributed by atoms with Crippen LogP contribution in [0.1, 0.15) is 45.2 Å². The molecule has 37 heavy (non-hydrogen) atoms. The zero-order valence-corrected chi connectivity index (χ0v) is 21.3. The first kappa shape index (κ1) is 23.6. The van der Waals surface area contributed by atoms with E-state index >= 15 is 0 Å². The number of anilines is 1. The zero-order valence-electron chi connectivity index (χ0n) is 19.7. The third-order valence-electron chi connectivity index (χ3n) is 7.29. The number of hydrazone groups is 1. The van der Waals surface area contributed by atoms with Crippen molar-refractivity contribution in [1.29, 1.82) is 0 Å². The molecule has 1 aliphatic carbocycles. The van der Waals surface area contributed by atoms with Crippen molar-refractivity contribution in [3.05, 3.63) is 127 Å². The quantitative estimate of drug-likeness (QED) is 0.203. The Labute approximate surface area is 223 Å². The molecule has 0 saturated carbocycles. The molecule has 6 nitrogen and oxygen atoms in total. The number of nitrogens with zero attached hydrogens (tertiary/aromatic N) is 3. The van der Waals surface area contributed by atoms with Crippen LogP contribution in [0.25, 0.3) is 0 Å². The van der Waals surface area contributed by atoms with E-state index in [9.17, 15) is 14.9 Å². The van der Waals surface area contributed by atoms with E-state index < -0.39 is 16.4 Å². The maximum Gasteiger partial charge on any atom is 0.269 e. The van der Waals surface area contributed by atoms with Crippen LogP contribution in [0.5, 0.6) is 0 Å². The van der Waals surface area contributed by atoms with E-state index in [2.05, 4.69) is 0 Å². The molecule has 0 bridgehead atoms. The lowest BCUT2D eigenvalue weighted by molar-refractivity contribution is -0.384. The van der Waals surface area contributed by atoms with Crippen molar-refractivity contribution >= 4 is 45.8 Å². The van der Waals surface area contributed by atoms with Crippen molar-refractivity contribution in [3.63, 3.8) is 0 Å². The molecule has 2 aliphatic rings. The van der Waals surface area contributed by atoms with Crippen LogP contribution in [0.3, 0.4) is 0 Å². The first-order valence-electron chi connectivity index (χ1n) is 12.0. The molecule has 0 amide bonds. The first-order chi connectivity index (χ1) is 18.0. The lowest BCUT2D eigenvalue weighted by Crippen LogP contribution is -2.44. The highest BCUT2D eigenvalue weighted by Crippen LogP contribution is 2.55. The average Bonchev–Trinajstić information content (AvgIpc) is 3.53. The second kappa shape index (κ2) is 9.25. The van der Waals surface area contributed by atoms with Crippen molar-refractivity contribution in [2.45, 2.75) is 25.3 Å². The number of carbonyl (C=O) groups excluding carboxylic acids is 1. The van der Waals surface area contributed by atoms with Crippen LogP contribution in [0.2, 0.25) is 5.02 Å². The van der Waals surface area contributed by atoms with Gasteiger partial charge >= 0.3 is 0 Å². The Morgan fingerprint density at radius 2 is 1.76 bits per heavy atom. The third-order valence-corrected chi connectivity index (χ3v) is 8.42. The SMILES string of the molecule is O=C1c2ccccc2CCCC12C(c1cccs1)=NN(c1ccc([N+](=O)[O-])cc1)C2c1ccc(Cl)cc1. The Balaban J connectivity index is 1.61. The molecule has 2 heterocycles. The van der Waals surface area contributed by atoms with Crippen molar-refractivity contribution in [2.24, 2.45) is 10.5 Å². The number of hydrogen-bond donors (Lipinski definition) is 0. The fourth-order valence-electron chi connectivity index (χ4n) is 5.64. The number of ketones is 1. The average molecular weight is 528 g/mol. The standard InChI is InChI=1S/C29H22ClN3O3S/c30-21-11-9-20(10-12-21)27-29(17-3-6-19-5-1-2-7-24(19)28(29)34)26(25-8-4-18-37-25)31-32(27)22-13-15-23(16-14-22)33(35)36/h1-2,4-5,7-16,18,27H,3,6,17H2. The lowest BCUT2D eigenvalue weighted by atomic mass is 9.66. The molecular weight excluding hydrogens is 506 g/mol. The summed E-state index contributed by atoms with van der Waals surface area (Å²) >= 11 is 7.82. The molecule has 0 N–H and O–H groups in total. The molecular formula is C29H22ClN3O3S. The second-order valence-electron chi connectivity index (χ2n) is 9.31. The highest BCUT2D eigenvalue weighted by molar-refractivity contribution is 7.12. The molecule has 4 aromatic rings. The van der Waals surface area contributed by atoms with Crippen LogP contribution >= 0.6 is 22.9 Å². The van der Waals surface area contributed by atoms with Gasteiger partial charge in [0.15, 0.2) is 5.78 Å². The van der Waals surface area contributed by atoms with E-state index in [0.717, 1.165) is 40.1 Å². The smallest absolute Gasteiger partial charge is 0.269 e. The number of Topliss-reactive ketones (excluding diaryl/α,β-unsaturated/α-hetero) is 1. The molecule has 0 radical (unpaired) electrons. The molecule has 0 saturated heterocycles. The maximum atomic E-state index is 14.7. The number of aryl methyl sites for hydroxylation is 1. The summed E-state index contributed by atoms with van der Waals surface area (Å²) < 4.78 is 0. The Hall–Kier alpha value is -3.81. The summed E-state index contributed by atoms with van der Waals surface area (Å²) in [4.78, 5) is 26.5. The van der Waals surface area contributed by atoms with Gasteiger partial charge in [0.2, 0.25) is 0 Å². The van der Waals surface area contributed by atoms with Crippen molar-refractivity contribution in [2.75, 3.05) is 5.01 Å². The minimum absolute atomic E-state index is 0.00244. The number of nitro benzene ring substituents is 1. The van der Waals surface area contributed by atoms with Gasteiger partial charge in [-0.1, -0.05) is 54.1 Å². The number of non-ortho nitro benzene ring substituents is 1. The second-order valence-corrected chi connectivity index (χ2v) is 10.7. The molecule has 0 fully saturated rings. The zero-order chi connectivity index (χ0) is 25.6. The van der Waals surface area contributed by atoms with Crippen LogP contribution in [0.4, 0.5) is 11.4 Å². The number of halogens is 1. The lowest BCUT2D eigenvalue weighted by Gasteiger charge is -2.37. The van der Waals surface area contributed by atoms with Gasteiger partial charge in [-0.25, -0.2) is 0 Å². The van der Waals surface area contributed by atoms with E-state index in [0.29, 0.717) is 17.1 Å². The minimum Gasteiger partial charge on any atom is -0.293 e. The number of hydrogen-bond acceptors (Lipinski definition) is 6. The van der Waals surface area contributed by atoms with E-state index in [1.54, 1.807) is 23.5 Å². The van der Waals surface area contributed by atoms with Crippen LogP contribution in [-0.4, -0.2) is 16.4 Å². The Morgan fingerprint density at radius 3 is 2.46 bits per heavy atom. The van der Waals surface area contributed by atoms with Crippen LogP contribution in [0, 0.1) is 15.5 Å². The van der Waals surface area contributed by atoms with Gasteiger partial charge in [-0.2, -0.15) is 5.10 Å². The summed E-state index contributed by atoms with van der Waals surface area (Å²) in [6.45, 7) is 0. The Kier molecular flexibility index (Phi) is 5.89. The van der Waals surface area contributed by atoms with Gasteiger partial charge in [-0.3, -0.25) is 19.9 Å². The van der Waals surface area contributed by atoms with Crippen molar-refractivity contribution < 1.29 is 9.72 Å². The fraction of sp³-hybridized carbons (Fsp3) is 0.172. The van der Waals surface area contributed by atoms with Gasteiger partial charge in [0.05, 0.1) is 27.2 Å². The number of carbonyl (C=O) groups is 1. The molecule has 2 unspecified atom stereocenters. The molecule has 1 aliphatic heterocycles. The highest BCUT2D eigenvalue weighted by Gasteiger charge is 2.58. The predicted octanol–water partition coefficient (Wildman–Crippen LogP) is 7.48. The molecule has 1 spiro atoms. The van der Waals surface area contributed by atoms with Gasteiger partial charge < -0.3 is 0 Å². The van der Waals surface area contributed by atoms with E-state index in [4.69, 9.17) is 16.7 Å². The summed E-state index contributed by atoms with van der Waals surface area (Å²) in [6, 6.07) is 25.3. The molecule has 1 aromatic heterocycles. The Bertz CT molecular complexity index is 1520. The maximum absolute atomic E-state index is 14.7. The molecule has 8 heteroatoms. The van der Waals surface area contributed by atoms with Gasteiger partial charge in [-0.05, 0) is 66.1 Å². The van der Waals surface area contributed by atoms with E-state index in [1.807, 2.05) is 71.1 Å². The number of thiophene rings is 1. The van der Waals surface area contributed by atoms with Crippen LogP contribution in [0.15, 0.2) is 95.4 Å². The van der Waals surface area contributed by atoms with Crippen molar-refractivity contribution in [3.8, 4) is 0 Å². The first-order valence-corrected chi connectivity index (χ1v) is 13.3. The summed E-state index contributed by atoms with van der Waals surface area (Å²) in [5, 5.41) is 20.9. The monoisotopic (exact) mass is 527 g/mol. The molecule has 184 valence electrons. The minimum atomic E-state index is -0.951. The molecule has 3 aromatic carbocycles. The predicted molar refractivity (Wildman–Crippen MR) is 147 cm³/mol. The van der Waals surface area contributed by atoms with Crippen LogP contribution in [-0.2, 0) is 6.42 Å². The van der Waals surface area contributed by atoms with Crippen molar-refractivity contribution in [1.82, 2.24) is 0 Å². The summed E-state index contributed by atoms with van der Waals surface area (Å²) in [5.41, 5.74) is 3.16. The number of benzene rings is 3. The number of rotatable bonds is 4. The molecule has 6 rings (SSSR count). The highest BCUT2D eigenvalue weighted by atomic mass is 35.5. The third kappa shape index (κ3) is 3.86. The van der Waals surface area contributed by atoms with E-state index in [1.165, 1.54) is 12.1 Å². The Morgan fingerprint density at radius 1 is 1.00 bits per heavy atom. The largest absolute Gasteiger partial charge is 0.293 e. The van der Waals surface area contributed by atoms with Gasteiger partial charge in [0, 0.05) is 22.7 Å². The van der Waals surface area contributed by atoms with Gasteiger partial charge in [-0.15, -0.1) is 11.3 Å². The topological polar surface area (TPSA) is 75.8 Å². The number of nitro groups is 1. The van der Waals surface area contributed by atoms with Crippen LogP contribution < -0.4 is 5.01 Å². The summed E-state index contributed by atoms with van der Waals surface area (Å²) in [5.74, 6) is 0.0529. The fourth-order valence-corrected chi connectivity index (χ4v) is 6.56. The summed E-state index contributed by atoms with van der Waals surface area (Å²) in [6.07, 6.45) is 2.26. The number of fused-ring (bicyclic) bond motifs is 1. The normalized spacial score (nSPS) is 21.0. The van der Waals surface area contributed by atoms with Gasteiger partial charge in [0.25, 0.3) is 5.69 Å². The molecule has 2 atom stereocenters. The van der Waals surface area contributed by atoms with Gasteiger partial charge in [0.1, 0.15) is 5.41 Å². The van der Waals surface area contributed by atoms with E-state index in [-0.39, 0.29) is 11.5 Å².